The van der Waals surface area contributed by atoms with E-state index in [4.69, 9.17) is 0 Å². The third-order valence-corrected chi connectivity index (χ3v) is 2.92. The van der Waals surface area contributed by atoms with Crippen LogP contribution in [0.1, 0.15) is 12.0 Å². The average Bonchev–Trinajstić information content (AvgIpc) is 2.69. The molecule has 15 heavy (non-hydrogen) atoms. The van der Waals surface area contributed by atoms with Crippen molar-refractivity contribution in [2.45, 2.75) is 6.43 Å². The maximum atomic E-state index is 12.5. The Kier molecular flexibility index (Phi) is 2.68. The zero-order valence-electron chi connectivity index (χ0n) is 7.65. The van der Waals surface area contributed by atoms with E-state index in [1.807, 2.05) is 17.5 Å². The van der Waals surface area contributed by atoms with Gasteiger partial charge in [-0.15, -0.1) is 11.3 Å². The second-order valence-corrected chi connectivity index (χ2v) is 4.04. The molecule has 0 aliphatic heterocycles. The summed E-state index contributed by atoms with van der Waals surface area (Å²) in [7, 11) is 0. The Balaban J connectivity index is 2.49. The minimum atomic E-state index is -2.56. The van der Waals surface area contributed by atoms with Gasteiger partial charge in [-0.3, -0.25) is 0 Å². The van der Waals surface area contributed by atoms with Crippen molar-refractivity contribution in [3.63, 3.8) is 0 Å². The van der Waals surface area contributed by atoms with Crippen molar-refractivity contribution in [3.05, 3.63) is 41.3 Å². The molecule has 0 saturated heterocycles. The minimum Gasteiger partial charge on any atom is -0.508 e. The van der Waals surface area contributed by atoms with Crippen LogP contribution in [-0.2, 0) is 0 Å². The molecular formula is C11H8F2OS. The number of phenols is 1. The summed E-state index contributed by atoms with van der Waals surface area (Å²) in [5.74, 6) is -0.129. The standard InChI is InChI=1S/C11H8F2OS/c12-11(13)8-4-7(5-9(14)6-8)10-2-1-3-15-10/h1-6,11,14H. The summed E-state index contributed by atoms with van der Waals surface area (Å²) in [4.78, 5) is 0.868. The molecule has 2 aromatic rings. The van der Waals surface area contributed by atoms with Crippen molar-refractivity contribution in [2.75, 3.05) is 0 Å². The number of benzene rings is 1. The van der Waals surface area contributed by atoms with Crippen LogP contribution >= 0.6 is 11.3 Å². The van der Waals surface area contributed by atoms with Gasteiger partial charge in [0, 0.05) is 10.4 Å². The molecule has 1 aromatic carbocycles. The maximum absolute atomic E-state index is 12.5. The van der Waals surface area contributed by atoms with E-state index in [9.17, 15) is 13.9 Å². The lowest BCUT2D eigenvalue weighted by Gasteiger charge is -2.04. The molecule has 0 aliphatic carbocycles. The summed E-state index contributed by atoms with van der Waals surface area (Å²) in [6, 6.07) is 7.64. The number of halogens is 2. The lowest BCUT2D eigenvalue weighted by molar-refractivity contribution is 0.151. The van der Waals surface area contributed by atoms with Crippen LogP contribution < -0.4 is 0 Å². The minimum absolute atomic E-state index is 0.129. The average molecular weight is 226 g/mol. The Morgan fingerprint density at radius 3 is 2.60 bits per heavy atom. The van der Waals surface area contributed by atoms with Crippen LogP contribution in [0.5, 0.6) is 5.75 Å². The van der Waals surface area contributed by atoms with E-state index in [2.05, 4.69) is 0 Å². The van der Waals surface area contributed by atoms with Gasteiger partial charge in [0.15, 0.2) is 0 Å². The van der Waals surface area contributed by atoms with E-state index < -0.39 is 6.43 Å². The molecule has 0 unspecified atom stereocenters. The Hall–Kier alpha value is -1.42. The van der Waals surface area contributed by atoms with E-state index in [-0.39, 0.29) is 11.3 Å². The van der Waals surface area contributed by atoms with Gasteiger partial charge < -0.3 is 5.11 Å². The molecular weight excluding hydrogens is 218 g/mol. The molecule has 4 heteroatoms. The fourth-order valence-electron chi connectivity index (χ4n) is 1.35. The van der Waals surface area contributed by atoms with Crippen molar-refractivity contribution >= 4 is 11.3 Å². The monoisotopic (exact) mass is 226 g/mol. The van der Waals surface area contributed by atoms with Gasteiger partial charge in [0.25, 0.3) is 6.43 Å². The Morgan fingerprint density at radius 2 is 2.00 bits per heavy atom. The number of alkyl halides is 2. The van der Waals surface area contributed by atoms with E-state index >= 15 is 0 Å². The molecule has 78 valence electrons. The van der Waals surface area contributed by atoms with Crippen LogP contribution in [0.4, 0.5) is 8.78 Å². The van der Waals surface area contributed by atoms with E-state index in [0.29, 0.717) is 5.56 Å². The molecule has 0 radical (unpaired) electrons. The molecule has 0 bridgehead atoms. The summed E-state index contributed by atoms with van der Waals surface area (Å²) in [6.07, 6.45) is -2.56. The van der Waals surface area contributed by atoms with E-state index in [1.165, 1.54) is 23.5 Å². The van der Waals surface area contributed by atoms with Crippen molar-refractivity contribution in [2.24, 2.45) is 0 Å². The van der Waals surface area contributed by atoms with E-state index in [1.54, 1.807) is 0 Å². The second-order valence-electron chi connectivity index (χ2n) is 3.09. The molecule has 0 saturated carbocycles. The lowest BCUT2D eigenvalue weighted by Crippen LogP contribution is -1.84. The van der Waals surface area contributed by atoms with Gasteiger partial charge in [-0.05, 0) is 35.2 Å². The fourth-order valence-corrected chi connectivity index (χ4v) is 2.06. The second kappa shape index (κ2) is 3.98. The Bertz CT molecular complexity index is 452. The van der Waals surface area contributed by atoms with Crippen LogP contribution in [0, 0.1) is 0 Å². The highest BCUT2D eigenvalue weighted by Gasteiger charge is 2.10. The predicted molar refractivity (Wildman–Crippen MR) is 56.4 cm³/mol. The summed E-state index contributed by atoms with van der Waals surface area (Å²) >= 11 is 1.45. The molecule has 1 N–H and O–H groups in total. The summed E-state index contributed by atoms with van der Waals surface area (Å²) < 4.78 is 24.9. The number of rotatable bonds is 2. The molecule has 0 aliphatic rings. The van der Waals surface area contributed by atoms with Crippen LogP contribution in [0.25, 0.3) is 10.4 Å². The highest BCUT2D eigenvalue weighted by molar-refractivity contribution is 7.13. The fraction of sp³-hybridized carbons (Fsp3) is 0.0909. The normalized spacial score (nSPS) is 10.9. The highest BCUT2D eigenvalue weighted by Crippen LogP contribution is 2.32. The first-order valence-electron chi connectivity index (χ1n) is 4.33. The molecule has 1 heterocycles. The van der Waals surface area contributed by atoms with Gasteiger partial charge >= 0.3 is 0 Å². The van der Waals surface area contributed by atoms with Gasteiger partial charge in [0.2, 0.25) is 0 Å². The SMILES string of the molecule is Oc1cc(-c2cccs2)cc(C(F)F)c1. The topological polar surface area (TPSA) is 20.2 Å². The quantitative estimate of drug-likeness (QED) is 0.818. The van der Waals surface area contributed by atoms with Crippen LogP contribution in [0.15, 0.2) is 35.7 Å². The Labute approximate surface area is 89.6 Å². The first-order valence-corrected chi connectivity index (χ1v) is 5.21. The highest BCUT2D eigenvalue weighted by atomic mass is 32.1. The van der Waals surface area contributed by atoms with E-state index in [0.717, 1.165) is 10.9 Å². The molecule has 1 nitrogen and oxygen atoms in total. The molecule has 0 spiro atoms. The number of hydrogen-bond donors (Lipinski definition) is 1. The smallest absolute Gasteiger partial charge is 0.264 e. The zero-order chi connectivity index (χ0) is 10.8. The van der Waals surface area contributed by atoms with Crippen LogP contribution in [0.3, 0.4) is 0 Å². The van der Waals surface area contributed by atoms with Gasteiger partial charge in [0.1, 0.15) is 5.75 Å². The number of hydrogen-bond acceptors (Lipinski definition) is 2. The van der Waals surface area contributed by atoms with Crippen LogP contribution in [0.2, 0.25) is 0 Å². The first-order chi connectivity index (χ1) is 7.16. The van der Waals surface area contributed by atoms with Gasteiger partial charge in [-0.25, -0.2) is 8.78 Å². The van der Waals surface area contributed by atoms with Crippen molar-refractivity contribution < 1.29 is 13.9 Å². The zero-order valence-corrected chi connectivity index (χ0v) is 8.47. The van der Waals surface area contributed by atoms with Gasteiger partial charge in [-0.2, -0.15) is 0 Å². The third-order valence-electron chi connectivity index (χ3n) is 2.00. The van der Waals surface area contributed by atoms with Crippen molar-refractivity contribution in [1.82, 2.24) is 0 Å². The van der Waals surface area contributed by atoms with Crippen molar-refractivity contribution in [3.8, 4) is 16.2 Å². The maximum Gasteiger partial charge on any atom is 0.264 e. The van der Waals surface area contributed by atoms with Gasteiger partial charge in [-0.1, -0.05) is 6.07 Å². The molecule has 0 atom stereocenters. The first kappa shape index (κ1) is 10.1. The van der Waals surface area contributed by atoms with Gasteiger partial charge in [0.05, 0.1) is 0 Å². The summed E-state index contributed by atoms with van der Waals surface area (Å²) in [5, 5.41) is 11.2. The molecule has 2 rings (SSSR count). The number of aromatic hydroxyl groups is 1. The lowest BCUT2D eigenvalue weighted by atomic mass is 10.1. The number of phenolic OH excluding ortho intramolecular Hbond substituents is 1. The summed E-state index contributed by atoms with van der Waals surface area (Å²) in [6.45, 7) is 0. The largest absolute Gasteiger partial charge is 0.508 e. The predicted octanol–water partition coefficient (Wildman–Crippen LogP) is 4.06. The van der Waals surface area contributed by atoms with Crippen LogP contribution in [-0.4, -0.2) is 5.11 Å². The molecule has 1 aromatic heterocycles. The Morgan fingerprint density at radius 1 is 1.20 bits per heavy atom. The molecule has 0 fully saturated rings. The third kappa shape index (κ3) is 2.15. The van der Waals surface area contributed by atoms with Crippen molar-refractivity contribution in [1.29, 1.82) is 0 Å². The molecule has 0 amide bonds. The number of thiophene rings is 1. The summed E-state index contributed by atoms with van der Waals surface area (Å²) in [5.41, 5.74) is 0.471.